The number of carbonyl (C=O) groups excluding carboxylic acids is 1. The zero-order valence-electron chi connectivity index (χ0n) is 20.0. The van der Waals surface area contributed by atoms with Crippen LogP contribution < -0.4 is 15.1 Å². The first-order valence-electron chi connectivity index (χ1n) is 11.9. The molecule has 0 spiro atoms. The smallest absolute Gasteiger partial charge is 0.225 e. The lowest BCUT2D eigenvalue weighted by molar-refractivity contribution is -0.125. The lowest BCUT2D eigenvalue weighted by atomic mass is 9.97. The fourth-order valence-electron chi connectivity index (χ4n) is 4.58. The molecule has 1 fully saturated rings. The van der Waals surface area contributed by atoms with Crippen LogP contribution in [0.4, 0.5) is 11.5 Å². The van der Waals surface area contributed by atoms with Crippen molar-refractivity contribution in [1.82, 2.24) is 19.9 Å². The molecule has 2 aromatic carbocycles. The van der Waals surface area contributed by atoms with Crippen LogP contribution in [0.2, 0.25) is 5.02 Å². The molecule has 35 heavy (non-hydrogen) atoms. The molecule has 0 radical (unpaired) electrons. The zero-order valence-corrected chi connectivity index (χ0v) is 20.7. The van der Waals surface area contributed by atoms with Crippen LogP contribution in [-0.2, 0) is 11.3 Å². The molecule has 1 saturated heterocycles. The second-order valence-corrected chi connectivity index (χ2v) is 9.56. The van der Waals surface area contributed by atoms with Gasteiger partial charge in [-0.1, -0.05) is 41.9 Å². The molecule has 1 aliphatic heterocycles. The maximum atomic E-state index is 13.0. The Kier molecular flexibility index (Phi) is 6.59. The van der Waals surface area contributed by atoms with Gasteiger partial charge in [0.25, 0.3) is 0 Å². The summed E-state index contributed by atoms with van der Waals surface area (Å²) in [6.07, 6.45) is 5.40. The van der Waals surface area contributed by atoms with Crippen molar-refractivity contribution in [3.8, 4) is 11.3 Å². The highest BCUT2D eigenvalue weighted by atomic mass is 35.5. The van der Waals surface area contributed by atoms with Crippen LogP contribution in [0.3, 0.4) is 0 Å². The Labute approximate surface area is 210 Å². The second-order valence-electron chi connectivity index (χ2n) is 9.15. The molecule has 0 aliphatic carbocycles. The number of anilines is 2. The standard InChI is InChI=1S/C27H29ClN6O/c1-32(2)21-11-9-19(10-12-21)17-30-27(35)20-6-5-14-33(18-20)26-25-16-24(31-34(25)15-13-29-26)22-7-3-4-8-23(22)28/h3-4,7-13,15-16,20H,5-6,14,17-18H2,1-2H3,(H,30,35)/t20-/m0/s1. The summed E-state index contributed by atoms with van der Waals surface area (Å²) in [7, 11) is 4.03. The number of benzene rings is 2. The minimum atomic E-state index is -0.0854. The first-order chi connectivity index (χ1) is 17.0. The Morgan fingerprint density at radius 1 is 1.17 bits per heavy atom. The Hall–Kier alpha value is -3.58. The van der Waals surface area contributed by atoms with E-state index in [0.29, 0.717) is 18.1 Å². The van der Waals surface area contributed by atoms with Crippen LogP contribution in [0.25, 0.3) is 16.8 Å². The third-order valence-electron chi connectivity index (χ3n) is 6.53. The van der Waals surface area contributed by atoms with E-state index in [0.717, 1.165) is 53.2 Å². The predicted octanol–water partition coefficient (Wildman–Crippen LogP) is 4.65. The molecule has 0 saturated carbocycles. The van der Waals surface area contributed by atoms with E-state index in [1.165, 1.54) is 0 Å². The molecular weight excluding hydrogens is 460 g/mol. The van der Waals surface area contributed by atoms with Gasteiger partial charge in [0.2, 0.25) is 5.91 Å². The summed E-state index contributed by atoms with van der Waals surface area (Å²) in [6, 6.07) is 18.0. The first-order valence-corrected chi connectivity index (χ1v) is 12.3. The van der Waals surface area contributed by atoms with E-state index in [-0.39, 0.29) is 11.8 Å². The van der Waals surface area contributed by atoms with Crippen molar-refractivity contribution in [2.24, 2.45) is 5.92 Å². The van der Waals surface area contributed by atoms with Gasteiger partial charge in [-0.05, 0) is 42.7 Å². The third kappa shape index (κ3) is 4.95. The average Bonchev–Trinajstić information content (AvgIpc) is 3.32. The monoisotopic (exact) mass is 488 g/mol. The van der Waals surface area contributed by atoms with Gasteiger partial charge in [0, 0.05) is 57.4 Å². The quantitative estimate of drug-likeness (QED) is 0.428. The largest absolute Gasteiger partial charge is 0.378 e. The Bertz CT molecular complexity index is 1330. The number of halogens is 1. The molecule has 1 aliphatic rings. The van der Waals surface area contributed by atoms with Crippen molar-refractivity contribution in [3.05, 3.63) is 77.6 Å². The van der Waals surface area contributed by atoms with Crippen molar-refractivity contribution in [3.63, 3.8) is 0 Å². The highest BCUT2D eigenvalue weighted by Gasteiger charge is 2.28. The van der Waals surface area contributed by atoms with E-state index in [1.54, 1.807) is 6.20 Å². The summed E-state index contributed by atoms with van der Waals surface area (Å²) < 4.78 is 1.84. The molecule has 0 unspecified atom stereocenters. The van der Waals surface area contributed by atoms with Gasteiger partial charge >= 0.3 is 0 Å². The maximum absolute atomic E-state index is 13.0. The number of hydrogen-bond acceptors (Lipinski definition) is 5. The van der Waals surface area contributed by atoms with E-state index in [9.17, 15) is 4.79 Å². The number of hydrogen-bond donors (Lipinski definition) is 1. The highest BCUT2D eigenvalue weighted by Crippen LogP contribution is 2.31. The molecule has 4 aromatic rings. The van der Waals surface area contributed by atoms with Crippen LogP contribution in [0.1, 0.15) is 18.4 Å². The lowest BCUT2D eigenvalue weighted by Gasteiger charge is -2.33. The molecule has 8 heteroatoms. The van der Waals surface area contributed by atoms with Crippen molar-refractivity contribution in [2.45, 2.75) is 19.4 Å². The predicted molar refractivity (Wildman–Crippen MR) is 141 cm³/mol. The van der Waals surface area contributed by atoms with Crippen LogP contribution in [-0.4, -0.2) is 47.7 Å². The molecule has 3 heterocycles. The van der Waals surface area contributed by atoms with Gasteiger partial charge in [-0.15, -0.1) is 0 Å². The first kappa shape index (κ1) is 23.2. The van der Waals surface area contributed by atoms with E-state index in [4.69, 9.17) is 16.7 Å². The number of nitrogens with one attached hydrogen (secondary N) is 1. The highest BCUT2D eigenvalue weighted by molar-refractivity contribution is 6.33. The van der Waals surface area contributed by atoms with Crippen molar-refractivity contribution >= 4 is 34.5 Å². The van der Waals surface area contributed by atoms with Crippen molar-refractivity contribution in [1.29, 1.82) is 0 Å². The van der Waals surface area contributed by atoms with Crippen LogP contribution in [0.15, 0.2) is 67.0 Å². The van der Waals surface area contributed by atoms with Gasteiger partial charge in [0.05, 0.1) is 16.6 Å². The second kappa shape index (κ2) is 9.96. The Morgan fingerprint density at radius 3 is 2.74 bits per heavy atom. The zero-order chi connectivity index (χ0) is 24.4. The summed E-state index contributed by atoms with van der Waals surface area (Å²) in [6.45, 7) is 2.01. The number of rotatable bonds is 6. The summed E-state index contributed by atoms with van der Waals surface area (Å²) in [4.78, 5) is 21.9. The molecule has 180 valence electrons. The minimum Gasteiger partial charge on any atom is -0.378 e. The molecule has 1 N–H and O–H groups in total. The van der Waals surface area contributed by atoms with Gasteiger partial charge < -0.3 is 15.1 Å². The molecular formula is C27H29ClN6O. The van der Waals surface area contributed by atoms with Crippen LogP contribution >= 0.6 is 11.6 Å². The van der Waals surface area contributed by atoms with Gasteiger partial charge in [-0.2, -0.15) is 5.10 Å². The number of aromatic nitrogens is 3. The number of carbonyl (C=O) groups is 1. The third-order valence-corrected chi connectivity index (χ3v) is 6.86. The molecule has 1 atom stereocenters. The number of amides is 1. The van der Waals surface area contributed by atoms with Crippen molar-refractivity contribution < 1.29 is 4.79 Å². The number of fused-ring (bicyclic) bond motifs is 1. The maximum Gasteiger partial charge on any atom is 0.225 e. The number of piperidine rings is 1. The normalized spacial score (nSPS) is 15.9. The fraction of sp³-hybridized carbons (Fsp3) is 0.296. The van der Waals surface area contributed by atoms with Crippen LogP contribution in [0, 0.1) is 5.92 Å². The molecule has 5 rings (SSSR count). The molecule has 2 aromatic heterocycles. The fourth-order valence-corrected chi connectivity index (χ4v) is 4.81. The molecule has 7 nitrogen and oxygen atoms in total. The van der Waals surface area contributed by atoms with Crippen molar-refractivity contribution in [2.75, 3.05) is 37.0 Å². The topological polar surface area (TPSA) is 65.8 Å². The molecule has 0 bridgehead atoms. The van der Waals surface area contributed by atoms with Gasteiger partial charge in [-0.3, -0.25) is 4.79 Å². The molecule has 1 amide bonds. The summed E-state index contributed by atoms with van der Waals surface area (Å²) in [5, 5.41) is 8.51. The Balaban J connectivity index is 1.30. The minimum absolute atomic E-state index is 0.0854. The average molecular weight is 489 g/mol. The van der Waals surface area contributed by atoms with E-state index in [1.807, 2.05) is 55.1 Å². The number of nitrogens with zero attached hydrogens (tertiary/aromatic N) is 5. The summed E-state index contributed by atoms with van der Waals surface area (Å²) >= 11 is 6.40. The van der Waals surface area contributed by atoms with E-state index >= 15 is 0 Å². The lowest BCUT2D eigenvalue weighted by Crippen LogP contribution is -2.43. The van der Waals surface area contributed by atoms with Gasteiger partial charge in [0.15, 0.2) is 5.82 Å². The Morgan fingerprint density at radius 2 is 1.97 bits per heavy atom. The van der Waals surface area contributed by atoms with Gasteiger partial charge in [-0.25, -0.2) is 9.50 Å². The van der Waals surface area contributed by atoms with E-state index < -0.39 is 0 Å². The SMILES string of the molecule is CN(C)c1ccc(CNC(=O)[C@H]2CCCN(c3nccn4nc(-c5ccccc5Cl)cc34)C2)cc1. The summed E-state index contributed by atoms with van der Waals surface area (Å²) in [5.74, 6) is 0.844. The van der Waals surface area contributed by atoms with Gasteiger partial charge in [0.1, 0.15) is 5.52 Å². The van der Waals surface area contributed by atoms with E-state index in [2.05, 4.69) is 44.4 Å². The summed E-state index contributed by atoms with van der Waals surface area (Å²) in [5.41, 5.74) is 4.83. The van der Waals surface area contributed by atoms with Crippen LogP contribution in [0.5, 0.6) is 0 Å².